The number of hydrogen-bond acceptors (Lipinski definition) is 5. The minimum Gasteiger partial charge on any atom is -0.468 e. The summed E-state index contributed by atoms with van der Waals surface area (Å²) in [7, 11) is 4.48. The Balaban J connectivity index is 2.25. The van der Waals surface area contributed by atoms with Gasteiger partial charge in [0.1, 0.15) is 0 Å². The summed E-state index contributed by atoms with van der Waals surface area (Å²) >= 11 is 0. The van der Waals surface area contributed by atoms with Crippen molar-refractivity contribution in [2.75, 3.05) is 32.7 Å². The van der Waals surface area contributed by atoms with E-state index in [1.54, 1.807) is 0 Å². The lowest BCUT2D eigenvalue weighted by atomic mass is 9.78. The van der Waals surface area contributed by atoms with Crippen molar-refractivity contribution in [3.8, 4) is 0 Å². The van der Waals surface area contributed by atoms with Gasteiger partial charge in [0.25, 0.3) is 0 Å². The minimum absolute atomic E-state index is 0.180. The molecule has 0 radical (unpaired) electrons. The van der Waals surface area contributed by atoms with E-state index in [2.05, 4.69) is 6.07 Å². The first-order valence-electron chi connectivity index (χ1n) is 8.38. The molecule has 0 saturated heterocycles. The van der Waals surface area contributed by atoms with Gasteiger partial charge in [-0.3, -0.25) is 9.59 Å². The second-order valence-corrected chi connectivity index (χ2v) is 6.56. The molecule has 5 heteroatoms. The zero-order valence-electron chi connectivity index (χ0n) is 14.9. The Morgan fingerprint density at radius 1 is 0.846 bits per heavy atom. The van der Waals surface area contributed by atoms with Crippen LogP contribution in [0, 0.1) is 0 Å². The van der Waals surface area contributed by atoms with E-state index in [1.807, 2.05) is 54.4 Å². The number of anilines is 1. The molecule has 3 aromatic carbocycles. The predicted molar refractivity (Wildman–Crippen MR) is 100 cm³/mol. The Labute approximate surface area is 151 Å². The van der Waals surface area contributed by atoms with Gasteiger partial charge in [-0.15, -0.1) is 0 Å². The van der Waals surface area contributed by atoms with Crippen LogP contribution < -0.4 is 4.90 Å². The third-order valence-corrected chi connectivity index (χ3v) is 5.26. The smallest absolute Gasteiger partial charge is 0.329 e. The average molecular weight is 349 g/mol. The summed E-state index contributed by atoms with van der Waals surface area (Å²) in [6.45, 7) is 0.180. The number of hydrogen-bond donors (Lipinski definition) is 0. The molecule has 5 nitrogen and oxygen atoms in total. The number of rotatable bonds is 2. The van der Waals surface area contributed by atoms with E-state index in [1.165, 1.54) is 14.2 Å². The maximum atomic E-state index is 12.9. The normalized spacial score (nSPS) is 15.1. The maximum absolute atomic E-state index is 12.9. The summed E-state index contributed by atoms with van der Waals surface area (Å²) < 4.78 is 10.1. The first kappa shape index (κ1) is 16.4. The minimum atomic E-state index is -1.50. The van der Waals surface area contributed by atoms with Crippen molar-refractivity contribution in [2.24, 2.45) is 0 Å². The van der Waals surface area contributed by atoms with Gasteiger partial charge in [-0.1, -0.05) is 48.5 Å². The zero-order chi connectivity index (χ0) is 18.5. The Hall–Kier alpha value is -3.08. The number of carbonyl (C=O) groups is 2. The second-order valence-electron chi connectivity index (χ2n) is 6.56. The molecule has 0 unspecified atom stereocenters. The summed E-state index contributed by atoms with van der Waals surface area (Å²) in [6, 6.07) is 15.8. The predicted octanol–water partition coefficient (Wildman–Crippen LogP) is 3.03. The summed E-state index contributed by atoms with van der Waals surface area (Å²) in [5.74, 6) is -1.20. The molecule has 0 aliphatic carbocycles. The molecule has 3 aromatic rings. The van der Waals surface area contributed by atoms with Crippen molar-refractivity contribution in [3.05, 3.63) is 54.1 Å². The molecule has 0 atom stereocenters. The van der Waals surface area contributed by atoms with Gasteiger partial charge < -0.3 is 14.4 Å². The van der Waals surface area contributed by atoms with Crippen molar-refractivity contribution < 1.29 is 19.1 Å². The van der Waals surface area contributed by atoms with Crippen molar-refractivity contribution in [1.82, 2.24) is 0 Å². The molecule has 0 amide bonds. The van der Waals surface area contributed by atoms with Gasteiger partial charge in [0.15, 0.2) is 0 Å². The molecule has 0 saturated carbocycles. The van der Waals surface area contributed by atoms with E-state index in [0.29, 0.717) is 5.56 Å². The number of carbonyl (C=O) groups excluding carboxylic acids is 2. The Kier molecular flexibility index (Phi) is 3.61. The molecule has 0 N–H and O–H groups in total. The van der Waals surface area contributed by atoms with Gasteiger partial charge >= 0.3 is 11.9 Å². The van der Waals surface area contributed by atoms with Crippen LogP contribution in [-0.4, -0.2) is 39.8 Å². The number of methoxy groups -OCH3 is 2. The van der Waals surface area contributed by atoms with Crippen molar-refractivity contribution in [1.29, 1.82) is 0 Å². The lowest BCUT2D eigenvalue weighted by Gasteiger charge is -2.25. The van der Waals surface area contributed by atoms with Crippen LogP contribution in [0.5, 0.6) is 0 Å². The highest BCUT2D eigenvalue weighted by Crippen LogP contribution is 2.50. The molecule has 0 aromatic heterocycles. The lowest BCUT2D eigenvalue weighted by Crippen LogP contribution is -2.48. The number of fused-ring (bicyclic) bond motifs is 6. The number of nitrogens with zero attached hydrogens (tertiary/aromatic N) is 1. The zero-order valence-corrected chi connectivity index (χ0v) is 14.9. The number of esters is 2. The molecule has 0 spiro atoms. The quantitative estimate of drug-likeness (QED) is 0.404. The van der Waals surface area contributed by atoms with E-state index < -0.39 is 17.4 Å². The van der Waals surface area contributed by atoms with E-state index in [9.17, 15) is 9.59 Å². The van der Waals surface area contributed by atoms with Crippen LogP contribution in [0.1, 0.15) is 5.56 Å². The van der Waals surface area contributed by atoms with Crippen LogP contribution in [0.4, 0.5) is 5.69 Å². The third kappa shape index (κ3) is 1.91. The fraction of sp³-hybridized carbons (Fsp3) is 0.238. The van der Waals surface area contributed by atoms with Crippen LogP contribution in [0.2, 0.25) is 0 Å². The molecule has 132 valence electrons. The van der Waals surface area contributed by atoms with Gasteiger partial charge in [0.05, 0.1) is 19.9 Å². The molecule has 0 bridgehead atoms. The Bertz CT molecular complexity index is 1040. The van der Waals surface area contributed by atoms with E-state index >= 15 is 0 Å². The molecule has 1 aliphatic rings. The Morgan fingerprint density at radius 3 is 1.85 bits per heavy atom. The molecule has 0 fully saturated rings. The van der Waals surface area contributed by atoms with Crippen LogP contribution >= 0.6 is 0 Å². The van der Waals surface area contributed by atoms with Crippen LogP contribution in [0.15, 0.2) is 48.5 Å². The second kappa shape index (κ2) is 5.73. The van der Waals surface area contributed by atoms with E-state index in [-0.39, 0.29) is 6.54 Å². The van der Waals surface area contributed by atoms with Gasteiger partial charge in [0.2, 0.25) is 5.41 Å². The summed E-state index contributed by atoms with van der Waals surface area (Å²) in [5, 5.41) is 3.94. The van der Waals surface area contributed by atoms with Crippen LogP contribution in [-0.2, 0) is 24.5 Å². The highest BCUT2D eigenvalue weighted by atomic mass is 16.5. The van der Waals surface area contributed by atoms with Crippen LogP contribution in [0.25, 0.3) is 21.5 Å². The molecule has 4 rings (SSSR count). The number of ether oxygens (including phenoxy) is 2. The maximum Gasteiger partial charge on any atom is 0.329 e. The first-order valence-corrected chi connectivity index (χ1v) is 8.38. The van der Waals surface area contributed by atoms with E-state index in [0.717, 1.165) is 27.2 Å². The van der Waals surface area contributed by atoms with Crippen LogP contribution in [0.3, 0.4) is 0 Å². The molecule has 26 heavy (non-hydrogen) atoms. The highest BCUT2D eigenvalue weighted by molar-refractivity contribution is 6.22. The largest absolute Gasteiger partial charge is 0.468 e. The van der Waals surface area contributed by atoms with Crippen molar-refractivity contribution in [2.45, 2.75) is 5.41 Å². The summed E-state index contributed by atoms with van der Waals surface area (Å²) in [6.07, 6.45) is 0. The monoisotopic (exact) mass is 349 g/mol. The van der Waals surface area contributed by atoms with E-state index in [4.69, 9.17) is 9.47 Å². The van der Waals surface area contributed by atoms with Gasteiger partial charge in [-0.05, 0) is 16.2 Å². The third-order valence-electron chi connectivity index (χ3n) is 5.26. The molecular formula is C21H19NO4. The Morgan fingerprint density at radius 2 is 1.31 bits per heavy atom. The SMILES string of the molecule is COC(=O)C1(C(=O)OC)CN(C)c2c1c1ccccc1c1ccccc21. The summed E-state index contributed by atoms with van der Waals surface area (Å²) in [4.78, 5) is 27.7. The summed E-state index contributed by atoms with van der Waals surface area (Å²) in [5.41, 5.74) is 0.0279. The molecular weight excluding hydrogens is 330 g/mol. The molecule has 1 aliphatic heterocycles. The van der Waals surface area contributed by atoms with Crippen molar-refractivity contribution >= 4 is 39.2 Å². The standard InChI is InChI=1S/C21H19NO4/c1-22-12-21(19(23)25-2,20(24)26-3)17-15-10-6-4-8-13(15)14-9-5-7-11-16(14)18(17)22/h4-11H,12H2,1-3H3. The first-order chi connectivity index (χ1) is 12.6. The van der Waals surface area contributed by atoms with Gasteiger partial charge in [0, 0.05) is 24.5 Å². The number of benzene rings is 3. The number of likely N-dealkylation sites (N-methyl/N-ethyl adjacent to an activating group) is 1. The average Bonchev–Trinajstić information content (AvgIpc) is 3.01. The van der Waals surface area contributed by atoms with Gasteiger partial charge in [-0.2, -0.15) is 0 Å². The molecule has 1 heterocycles. The fourth-order valence-electron chi connectivity index (χ4n) is 4.23. The fourth-order valence-corrected chi connectivity index (χ4v) is 4.23. The lowest BCUT2D eigenvalue weighted by molar-refractivity contribution is -0.160. The topological polar surface area (TPSA) is 55.8 Å². The van der Waals surface area contributed by atoms with Gasteiger partial charge in [-0.25, -0.2) is 0 Å². The van der Waals surface area contributed by atoms with Crippen molar-refractivity contribution in [3.63, 3.8) is 0 Å². The highest BCUT2D eigenvalue weighted by Gasteiger charge is 2.57.